The van der Waals surface area contributed by atoms with Gasteiger partial charge in [0.05, 0.1) is 0 Å². The molecule has 0 unspecified atom stereocenters. The zero-order chi connectivity index (χ0) is 17.4. The molecule has 0 spiro atoms. The summed E-state index contributed by atoms with van der Waals surface area (Å²) in [7, 11) is 0. The molecule has 0 fully saturated rings. The molecule has 5 N–H and O–H groups in total. The van der Waals surface area contributed by atoms with E-state index in [2.05, 4.69) is 15.6 Å². The number of Topliss-reactive ketones (excluding diaryl/α,β-unsaturated/α-hetero) is 1. The molecule has 0 aromatic carbocycles. The molecular formula is C16H26N4O3. The summed E-state index contributed by atoms with van der Waals surface area (Å²) in [5.41, 5.74) is 7.60. The molecule has 0 aliphatic rings. The van der Waals surface area contributed by atoms with E-state index in [-0.39, 0.29) is 11.7 Å². The summed E-state index contributed by atoms with van der Waals surface area (Å²) < 4.78 is 0. The molecule has 0 saturated carbocycles. The summed E-state index contributed by atoms with van der Waals surface area (Å²) in [6, 6.07) is -0.545. The Bertz CT molecular complexity index is 578. The van der Waals surface area contributed by atoms with Gasteiger partial charge in [-0.3, -0.25) is 9.59 Å². The highest BCUT2D eigenvalue weighted by atomic mass is 16.2. The van der Waals surface area contributed by atoms with Crippen LogP contribution in [0.4, 0.5) is 4.79 Å². The number of H-pyrrole nitrogens is 1. The van der Waals surface area contributed by atoms with Crippen LogP contribution in [0, 0.1) is 6.92 Å². The van der Waals surface area contributed by atoms with Gasteiger partial charge in [0, 0.05) is 24.3 Å². The predicted molar refractivity (Wildman–Crippen MR) is 88.7 cm³/mol. The summed E-state index contributed by atoms with van der Waals surface area (Å²) in [5.74, 6) is -0.231. The number of nitrogens with one attached hydrogen (secondary N) is 3. The number of hydrogen-bond acceptors (Lipinski definition) is 3. The van der Waals surface area contributed by atoms with E-state index in [9.17, 15) is 14.4 Å². The van der Waals surface area contributed by atoms with Crippen molar-refractivity contribution >= 4 is 17.7 Å². The lowest BCUT2D eigenvalue weighted by molar-refractivity contribution is 0.0947. The lowest BCUT2D eigenvalue weighted by Gasteiger charge is -2.07. The zero-order valence-electron chi connectivity index (χ0n) is 14.0. The van der Waals surface area contributed by atoms with Crippen LogP contribution in [-0.2, 0) is 6.42 Å². The largest absolute Gasteiger partial charge is 0.354 e. The lowest BCUT2D eigenvalue weighted by atomic mass is 10.0. The van der Waals surface area contributed by atoms with Gasteiger partial charge in [0.15, 0.2) is 5.78 Å². The molecular weight excluding hydrogens is 296 g/mol. The van der Waals surface area contributed by atoms with Crippen molar-refractivity contribution in [3.63, 3.8) is 0 Å². The highest BCUT2D eigenvalue weighted by molar-refractivity contribution is 6.02. The predicted octanol–water partition coefficient (Wildman–Crippen LogP) is 1.66. The van der Waals surface area contributed by atoms with E-state index in [0.29, 0.717) is 30.8 Å². The number of aromatic amines is 1. The minimum Gasteiger partial charge on any atom is -0.354 e. The standard InChI is InChI=1S/C16H26N4O3/c1-4-7-12-13(11(3)21)10(2)20-14(12)15(22)18-8-5-6-9-19-16(17)23/h20H,4-9H2,1-3H3,(H,18,22)(H3,17,19,23). The number of aryl methyl sites for hydroxylation is 1. The summed E-state index contributed by atoms with van der Waals surface area (Å²) in [5, 5.41) is 5.34. The van der Waals surface area contributed by atoms with Gasteiger partial charge >= 0.3 is 6.03 Å². The molecule has 0 saturated heterocycles. The molecule has 0 atom stereocenters. The summed E-state index contributed by atoms with van der Waals surface area (Å²) in [6.45, 7) is 6.32. The quantitative estimate of drug-likeness (QED) is 0.409. The normalized spacial score (nSPS) is 10.4. The maximum atomic E-state index is 12.3. The molecule has 1 aromatic rings. The maximum absolute atomic E-state index is 12.3. The van der Waals surface area contributed by atoms with Crippen molar-refractivity contribution in [3.8, 4) is 0 Å². The molecule has 7 nitrogen and oxygen atoms in total. The van der Waals surface area contributed by atoms with Crippen molar-refractivity contribution < 1.29 is 14.4 Å². The molecule has 0 aliphatic carbocycles. The minimum atomic E-state index is -0.545. The molecule has 0 bridgehead atoms. The monoisotopic (exact) mass is 322 g/mol. The first-order chi connectivity index (χ1) is 10.9. The topological polar surface area (TPSA) is 117 Å². The molecule has 0 aliphatic heterocycles. The number of rotatable bonds is 9. The smallest absolute Gasteiger partial charge is 0.312 e. The number of urea groups is 1. The Morgan fingerprint density at radius 3 is 2.26 bits per heavy atom. The van der Waals surface area contributed by atoms with Crippen LogP contribution in [0.1, 0.15) is 65.2 Å². The fraction of sp³-hybridized carbons (Fsp3) is 0.562. The molecule has 7 heteroatoms. The van der Waals surface area contributed by atoms with Gasteiger partial charge in [-0.05, 0) is 38.7 Å². The molecule has 3 amide bonds. The number of carbonyl (C=O) groups is 3. The number of nitrogens with two attached hydrogens (primary N) is 1. The van der Waals surface area contributed by atoms with E-state index in [0.717, 1.165) is 30.5 Å². The number of unbranched alkanes of at least 4 members (excludes halogenated alkanes) is 1. The fourth-order valence-corrected chi connectivity index (χ4v) is 2.60. The summed E-state index contributed by atoms with van der Waals surface area (Å²) >= 11 is 0. The second-order valence-electron chi connectivity index (χ2n) is 5.54. The number of amides is 3. The molecule has 1 rings (SSSR count). The number of ketones is 1. The third kappa shape index (κ3) is 5.43. The van der Waals surface area contributed by atoms with Crippen molar-refractivity contribution in [2.45, 2.75) is 46.5 Å². The maximum Gasteiger partial charge on any atom is 0.312 e. The number of aromatic nitrogens is 1. The van der Waals surface area contributed by atoms with Gasteiger partial charge in [-0.15, -0.1) is 0 Å². The molecule has 128 valence electrons. The van der Waals surface area contributed by atoms with Crippen LogP contribution in [0.5, 0.6) is 0 Å². The first kappa shape index (κ1) is 18.7. The number of hydrogen-bond donors (Lipinski definition) is 4. The Labute approximate surface area is 136 Å². The van der Waals surface area contributed by atoms with E-state index in [4.69, 9.17) is 5.73 Å². The number of primary amides is 1. The zero-order valence-corrected chi connectivity index (χ0v) is 14.0. The Kier molecular flexibility index (Phi) is 7.31. The van der Waals surface area contributed by atoms with Crippen molar-refractivity contribution in [3.05, 3.63) is 22.5 Å². The number of carbonyl (C=O) groups excluding carboxylic acids is 3. The fourth-order valence-electron chi connectivity index (χ4n) is 2.60. The summed E-state index contributed by atoms with van der Waals surface area (Å²) in [6.07, 6.45) is 3.00. The van der Waals surface area contributed by atoms with Gasteiger partial charge in [0.2, 0.25) is 0 Å². The third-order valence-electron chi connectivity index (χ3n) is 3.56. The highest BCUT2D eigenvalue weighted by Crippen LogP contribution is 2.21. The average Bonchev–Trinajstić information content (AvgIpc) is 2.79. The van der Waals surface area contributed by atoms with Gasteiger partial charge in [0.1, 0.15) is 5.69 Å². The molecule has 23 heavy (non-hydrogen) atoms. The van der Waals surface area contributed by atoms with Crippen LogP contribution in [0.25, 0.3) is 0 Å². The van der Waals surface area contributed by atoms with Crippen LogP contribution in [0.2, 0.25) is 0 Å². The van der Waals surface area contributed by atoms with E-state index < -0.39 is 6.03 Å². The van der Waals surface area contributed by atoms with Gasteiger partial charge in [0.25, 0.3) is 5.91 Å². The average molecular weight is 322 g/mol. The van der Waals surface area contributed by atoms with Crippen LogP contribution in [-0.4, -0.2) is 35.8 Å². The van der Waals surface area contributed by atoms with Gasteiger partial charge in [-0.1, -0.05) is 13.3 Å². The van der Waals surface area contributed by atoms with Crippen LogP contribution < -0.4 is 16.4 Å². The Morgan fingerprint density at radius 2 is 1.74 bits per heavy atom. The Morgan fingerprint density at radius 1 is 1.13 bits per heavy atom. The van der Waals surface area contributed by atoms with Gasteiger partial charge in [-0.25, -0.2) is 4.79 Å². The van der Waals surface area contributed by atoms with Gasteiger partial charge < -0.3 is 21.4 Å². The van der Waals surface area contributed by atoms with E-state index in [1.165, 1.54) is 6.92 Å². The van der Waals surface area contributed by atoms with Crippen molar-refractivity contribution in [2.75, 3.05) is 13.1 Å². The first-order valence-electron chi connectivity index (χ1n) is 7.92. The third-order valence-corrected chi connectivity index (χ3v) is 3.56. The second-order valence-corrected chi connectivity index (χ2v) is 5.54. The van der Waals surface area contributed by atoms with Crippen LogP contribution in [0.3, 0.4) is 0 Å². The minimum absolute atomic E-state index is 0.0289. The Hall–Kier alpha value is -2.31. The SMILES string of the molecule is CCCc1c(C(=O)NCCCCNC(N)=O)[nH]c(C)c1C(C)=O. The second kappa shape index (κ2) is 8.97. The summed E-state index contributed by atoms with van der Waals surface area (Å²) in [4.78, 5) is 37.7. The first-order valence-corrected chi connectivity index (χ1v) is 7.92. The Balaban J connectivity index is 2.64. The van der Waals surface area contributed by atoms with Crippen LogP contribution in [0.15, 0.2) is 0 Å². The molecule has 1 aromatic heterocycles. The highest BCUT2D eigenvalue weighted by Gasteiger charge is 2.21. The van der Waals surface area contributed by atoms with Crippen molar-refractivity contribution in [1.82, 2.24) is 15.6 Å². The lowest BCUT2D eigenvalue weighted by Crippen LogP contribution is -2.31. The molecule has 1 heterocycles. The van der Waals surface area contributed by atoms with Crippen molar-refractivity contribution in [2.24, 2.45) is 5.73 Å². The van der Waals surface area contributed by atoms with E-state index in [1.54, 1.807) is 0 Å². The van der Waals surface area contributed by atoms with E-state index in [1.807, 2.05) is 13.8 Å². The van der Waals surface area contributed by atoms with Crippen molar-refractivity contribution in [1.29, 1.82) is 0 Å². The molecule has 0 radical (unpaired) electrons. The van der Waals surface area contributed by atoms with Crippen LogP contribution >= 0.6 is 0 Å². The van der Waals surface area contributed by atoms with Gasteiger partial charge in [-0.2, -0.15) is 0 Å². The van der Waals surface area contributed by atoms with E-state index >= 15 is 0 Å².